The number of hydrogen-bond acceptors (Lipinski definition) is 1. The van der Waals surface area contributed by atoms with Crippen molar-refractivity contribution in [3.8, 4) is 0 Å². The number of nitrogens with one attached hydrogen (secondary N) is 2. The normalized spacial score (nSPS) is 10.5. The van der Waals surface area contributed by atoms with E-state index in [1.54, 1.807) is 18.2 Å². The van der Waals surface area contributed by atoms with Crippen LogP contribution in [0.5, 0.6) is 0 Å². The van der Waals surface area contributed by atoms with Crippen LogP contribution in [0.4, 0.5) is 14.9 Å². The Morgan fingerprint density at radius 1 is 1.10 bits per heavy atom. The summed E-state index contributed by atoms with van der Waals surface area (Å²) in [6.07, 6.45) is 3.24. The molecule has 2 amide bonds. The summed E-state index contributed by atoms with van der Waals surface area (Å²) < 4.78 is 14.3. The molecule has 0 atom stereocenters. The lowest BCUT2D eigenvalue weighted by Gasteiger charge is -2.05. The number of benzene rings is 2. The molecule has 0 saturated heterocycles. The van der Waals surface area contributed by atoms with Crippen LogP contribution >= 0.6 is 15.9 Å². The van der Waals surface area contributed by atoms with Crippen molar-refractivity contribution in [1.29, 1.82) is 0 Å². The summed E-state index contributed by atoms with van der Waals surface area (Å²) in [5, 5.41) is 4.93. The van der Waals surface area contributed by atoms with Gasteiger partial charge in [-0.15, -0.1) is 0 Å². The summed E-state index contributed by atoms with van der Waals surface area (Å²) in [6, 6.07) is 13.1. The molecule has 2 rings (SSSR count). The van der Waals surface area contributed by atoms with E-state index in [1.807, 2.05) is 24.3 Å². The maximum atomic E-state index is 13.3. The number of amides is 2. The molecular formula is C15H12BrFN2O. The second kappa shape index (κ2) is 6.86. The van der Waals surface area contributed by atoms with Gasteiger partial charge in [-0.3, -0.25) is 0 Å². The Morgan fingerprint density at radius 3 is 2.50 bits per heavy atom. The highest BCUT2D eigenvalue weighted by Gasteiger charge is 2.03. The van der Waals surface area contributed by atoms with Gasteiger partial charge in [-0.2, -0.15) is 0 Å². The molecule has 2 aromatic rings. The van der Waals surface area contributed by atoms with Gasteiger partial charge in [-0.25, -0.2) is 9.18 Å². The number of halogens is 2. The summed E-state index contributed by atoms with van der Waals surface area (Å²) in [5.41, 5.74) is 1.08. The maximum Gasteiger partial charge on any atom is 0.323 e. The first-order chi connectivity index (χ1) is 9.65. The first-order valence-electron chi connectivity index (χ1n) is 5.89. The molecule has 0 bridgehead atoms. The summed E-state index contributed by atoms with van der Waals surface area (Å²) in [5.74, 6) is -0.473. The minimum Gasteiger partial charge on any atom is -0.314 e. The summed E-state index contributed by atoms with van der Waals surface area (Å²) in [6.45, 7) is 0. The third-order valence-corrected chi connectivity index (χ3v) is 3.01. The van der Waals surface area contributed by atoms with Crippen LogP contribution in [-0.4, -0.2) is 6.03 Å². The van der Waals surface area contributed by atoms with Crippen molar-refractivity contribution < 1.29 is 9.18 Å². The number of para-hydroxylation sites is 1. The quantitative estimate of drug-likeness (QED) is 0.859. The Bertz CT molecular complexity index is 626. The molecule has 0 aromatic heterocycles. The van der Waals surface area contributed by atoms with Crippen LogP contribution < -0.4 is 10.6 Å². The molecule has 0 spiro atoms. The van der Waals surface area contributed by atoms with Gasteiger partial charge in [0.15, 0.2) is 0 Å². The molecule has 2 N–H and O–H groups in total. The third kappa shape index (κ3) is 4.20. The summed E-state index contributed by atoms with van der Waals surface area (Å²) >= 11 is 3.34. The second-order valence-electron chi connectivity index (χ2n) is 3.96. The average Bonchev–Trinajstić information content (AvgIpc) is 2.44. The Kier molecular flexibility index (Phi) is 4.90. The fourth-order valence-corrected chi connectivity index (χ4v) is 1.77. The molecule has 2 aromatic carbocycles. The maximum absolute atomic E-state index is 13.3. The Balaban J connectivity index is 1.89. The molecule has 0 heterocycles. The predicted octanol–water partition coefficient (Wildman–Crippen LogP) is 4.38. The molecule has 20 heavy (non-hydrogen) atoms. The van der Waals surface area contributed by atoms with Crippen LogP contribution in [0.3, 0.4) is 0 Å². The molecule has 0 aliphatic heterocycles. The highest BCUT2D eigenvalue weighted by atomic mass is 79.9. The van der Waals surface area contributed by atoms with Crippen LogP contribution in [0.1, 0.15) is 5.56 Å². The predicted molar refractivity (Wildman–Crippen MR) is 81.7 cm³/mol. The van der Waals surface area contributed by atoms with Crippen molar-refractivity contribution in [1.82, 2.24) is 5.32 Å². The highest BCUT2D eigenvalue weighted by Crippen LogP contribution is 2.12. The van der Waals surface area contributed by atoms with E-state index in [0.29, 0.717) is 0 Å². The van der Waals surface area contributed by atoms with Crippen LogP contribution in [0.15, 0.2) is 59.2 Å². The topological polar surface area (TPSA) is 41.1 Å². The van der Waals surface area contributed by atoms with E-state index < -0.39 is 11.8 Å². The van der Waals surface area contributed by atoms with Gasteiger partial charge in [0.2, 0.25) is 0 Å². The molecule has 0 unspecified atom stereocenters. The minimum atomic E-state index is -0.497. The lowest BCUT2D eigenvalue weighted by molar-refractivity contribution is 0.255. The van der Waals surface area contributed by atoms with Gasteiger partial charge in [0.1, 0.15) is 5.82 Å². The van der Waals surface area contributed by atoms with Crippen molar-refractivity contribution in [2.24, 2.45) is 0 Å². The highest BCUT2D eigenvalue weighted by molar-refractivity contribution is 9.10. The Hall–Kier alpha value is -2.14. The van der Waals surface area contributed by atoms with E-state index in [0.717, 1.165) is 10.0 Å². The van der Waals surface area contributed by atoms with Crippen LogP contribution in [-0.2, 0) is 0 Å². The van der Waals surface area contributed by atoms with Crippen LogP contribution in [0.2, 0.25) is 0 Å². The Labute approximate surface area is 124 Å². The molecule has 0 aliphatic carbocycles. The van der Waals surface area contributed by atoms with E-state index in [4.69, 9.17) is 0 Å². The van der Waals surface area contributed by atoms with Crippen molar-refractivity contribution in [3.63, 3.8) is 0 Å². The molecular weight excluding hydrogens is 323 g/mol. The van der Waals surface area contributed by atoms with Gasteiger partial charge in [0.25, 0.3) is 0 Å². The lowest BCUT2D eigenvalue weighted by atomic mass is 10.2. The minimum absolute atomic E-state index is 0.141. The average molecular weight is 335 g/mol. The molecule has 0 aliphatic rings. The van der Waals surface area contributed by atoms with Crippen molar-refractivity contribution in [3.05, 3.63) is 70.6 Å². The van der Waals surface area contributed by atoms with Crippen molar-refractivity contribution in [2.45, 2.75) is 0 Å². The van der Waals surface area contributed by atoms with E-state index in [-0.39, 0.29) is 5.69 Å². The van der Waals surface area contributed by atoms with Crippen LogP contribution in [0.25, 0.3) is 6.08 Å². The fourth-order valence-electron chi connectivity index (χ4n) is 1.51. The van der Waals surface area contributed by atoms with Crippen LogP contribution in [0, 0.1) is 5.82 Å². The third-order valence-electron chi connectivity index (χ3n) is 2.48. The monoisotopic (exact) mass is 334 g/mol. The number of carbonyl (C=O) groups is 1. The van der Waals surface area contributed by atoms with Gasteiger partial charge < -0.3 is 10.6 Å². The van der Waals surface area contributed by atoms with Crippen molar-refractivity contribution in [2.75, 3.05) is 5.32 Å². The van der Waals surface area contributed by atoms with Crippen molar-refractivity contribution >= 4 is 33.7 Å². The number of rotatable bonds is 3. The molecule has 102 valence electrons. The number of carbonyl (C=O) groups excluding carboxylic acids is 1. The fraction of sp³-hybridized carbons (Fsp3) is 0. The SMILES string of the molecule is O=C(N/C=C/c1ccc(Br)cc1)Nc1ccccc1F. The number of anilines is 1. The van der Waals surface area contributed by atoms with E-state index in [2.05, 4.69) is 26.6 Å². The second-order valence-corrected chi connectivity index (χ2v) is 4.88. The van der Waals surface area contributed by atoms with E-state index in [1.165, 1.54) is 18.3 Å². The van der Waals surface area contributed by atoms with E-state index >= 15 is 0 Å². The zero-order valence-electron chi connectivity index (χ0n) is 10.4. The standard InChI is InChI=1S/C15H12BrFN2O/c16-12-7-5-11(6-8-12)9-10-18-15(20)19-14-4-2-1-3-13(14)17/h1-10H,(H2,18,19,20)/b10-9+. The molecule has 3 nitrogen and oxygen atoms in total. The first kappa shape index (κ1) is 14.3. The lowest BCUT2D eigenvalue weighted by Crippen LogP contribution is -2.24. The van der Waals surface area contributed by atoms with Gasteiger partial charge in [-0.05, 0) is 35.9 Å². The largest absolute Gasteiger partial charge is 0.323 e. The number of urea groups is 1. The van der Waals surface area contributed by atoms with E-state index in [9.17, 15) is 9.18 Å². The summed E-state index contributed by atoms with van der Waals surface area (Å²) in [7, 11) is 0. The zero-order chi connectivity index (χ0) is 14.4. The molecule has 0 radical (unpaired) electrons. The van der Waals surface area contributed by atoms with Gasteiger partial charge in [-0.1, -0.05) is 40.2 Å². The molecule has 0 saturated carbocycles. The van der Waals surface area contributed by atoms with Gasteiger partial charge in [0.05, 0.1) is 5.69 Å². The Morgan fingerprint density at radius 2 is 1.80 bits per heavy atom. The molecule has 5 heteroatoms. The zero-order valence-corrected chi connectivity index (χ0v) is 12.0. The first-order valence-corrected chi connectivity index (χ1v) is 6.68. The summed E-state index contributed by atoms with van der Waals surface area (Å²) in [4.78, 5) is 11.6. The smallest absolute Gasteiger partial charge is 0.314 e. The van der Waals surface area contributed by atoms with Gasteiger partial charge in [0, 0.05) is 10.7 Å². The van der Waals surface area contributed by atoms with Gasteiger partial charge >= 0.3 is 6.03 Å². The number of hydrogen-bond donors (Lipinski definition) is 2. The molecule has 0 fully saturated rings.